The van der Waals surface area contributed by atoms with Crippen molar-refractivity contribution >= 4 is 17.8 Å². The van der Waals surface area contributed by atoms with E-state index >= 15 is 0 Å². The summed E-state index contributed by atoms with van der Waals surface area (Å²) in [6, 6.07) is 7.96. The molecule has 0 saturated heterocycles. The fourth-order valence-electron chi connectivity index (χ4n) is 3.23. The van der Waals surface area contributed by atoms with Crippen LogP contribution in [0.4, 0.5) is 4.39 Å². The first kappa shape index (κ1) is 22.9. The van der Waals surface area contributed by atoms with Gasteiger partial charge in [-0.2, -0.15) is 5.26 Å². The number of hydrogen-bond donors (Lipinski definition) is 2. The van der Waals surface area contributed by atoms with E-state index in [2.05, 4.69) is 11.1 Å². The number of aryl methyl sites for hydroxylation is 1. The summed E-state index contributed by atoms with van der Waals surface area (Å²) in [5, 5.41) is 28.5. The smallest absolute Gasteiger partial charge is 0.310 e. The number of pyridine rings is 1. The number of aliphatic hydroxyl groups excluding tert-OH is 1. The number of carboxylic acids is 1. The highest BCUT2D eigenvalue weighted by Crippen LogP contribution is 2.34. The fourth-order valence-corrected chi connectivity index (χ4v) is 3.23. The first-order chi connectivity index (χ1) is 14.1. The minimum Gasteiger partial charge on any atom is -0.481 e. The van der Waals surface area contributed by atoms with Crippen molar-refractivity contribution in [2.75, 3.05) is 0 Å². The van der Waals surface area contributed by atoms with Gasteiger partial charge in [0.05, 0.1) is 23.1 Å². The molecule has 0 bridgehead atoms. The van der Waals surface area contributed by atoms with Gasteiger partial charge >= 0.3 is 5.97 Å². The number of carboxylic acid groups (broad SMARTS) is 1. The lowest BCUT2D eigenvalue weighted by atomic mass is 9.88. The molecule has 30 heavy (non-hydrogen) atoms. The summed E-state index contributed by atoms with van der Waals surface area (Å²) in [6.45, 7) is 5.58. The van der Waals surface area contributed by atoms with E-state index in [-0.39, 0.29) is 12.3 Å². The molecule has 2 rings (SSSR count). The summed E-state index contributed by atoms with van der Waals surface area (Å²) in [7, 11) is 0. The lowest BCUT2D eigenvalue weighted by molar-refractivity contribution is -0.140. The van der Waals surface area contributed by atoms with E-state index in [1.807, 2.05) is 13.8 Å². The number of nitriles is 1. The van der Waals surface area contributed by atoms with Gasteiger partial charge in [-0.05, 0) is 42.7 Å². The quantitative estimate of drug-likeness (QED) is 0.636. The highest BCUT2D eigenvalue weighted by molar-refractivity contribution is 5.95. The minimum absolute atomic E-state index is 0.0500. The molecule has 0 spiro atoms. The Labute approximate surface area is 174 Å². The largest absolute Gasteiger partial charge is 0.481 e. The summed E-state index contributed by atoms with van der Waals surface area (Å²) in [6.07, 6.45) is 0.778. The van der Waals surface area contributed by atoms with Gasteiger partial charge in [0.1, 0.15) is 24.1 Å². The van der Waals surface area contributed by atoms with Crippen LogP contribution in [0.5, 0.6) is 0 Å². The van der Waals surface area contributed by atoms with Gasteiger partial charge in [0, 0.05) is 17.5 Å². The van der Waals surface area contributed by atoms with E-state index in [1.165, 1.54) is 18.2 Å². The van der Waals surface area contributed by atoms with Crippen LogP contribution in [0, 0.1) is 24.1 Å². The molecule has 0 saturated carbocycles. The summed E-state index contributed by atoms with van der Waals surface area (Å²) in [5.41, 5.74) is 3.44. The van der Waals surface area contributed by atoms with Crippen LogP contribution in [0.25, 0.3) is 17.3 Å². The van der Waals surface area contributed by atoms with E-state index in [0.29, 0.717) is 28.1 Å². The molecular weight excluding hydrogens is 387 g/mol. The molecule has 1 heterocycles. The van der Waals surface area contributed by atoms with Crippen molar-refractivity contribution in [2.45, 2.75) is 45.6 Å². The number of ketones is 1. The maximum absolute atomic E-state index is 13.4. The van der Waals surface area contributed by atoms with E-state index in [1.54, 1.807) is 25.1 Å². The maximum Gasteiger partial charge on any atom is 0.310 e. The number of Topliss-reactive ketones (excluding diaryl/α,β-unsaturated/α-hetero) is 1. The molecule has 1 aromatic heterocycles. The Morgan fingerprint density at radius 3 is 2.43 bits per heavy atom. The van der Waals surface area contributed by atoms with Crippen LogP contribution in [0.2, 0.25) is 0 Å². The van der Waals surface area contributed by atoms with Gasteiger partial charge in [-0.25, -0.2) is 4.39 Å². The molecular formula is C23H23FN2O4. The van der Waals surface area contributed by atoms with Crippen LogP contribution in [0.1, 0.15) is 55.0 Å². The SMILES string of the molecule is Cc1nc(-c2ccc(F)cc2)c(C=CC(O)CC(=O)CC(=O)O)c(C(C)C)c1C#N. The predicted molar refractivity (Wildman–Crippen MR) is 110 cm³/mol. The minimum atomic E-state index is -1.25. The topological polar surface area (TPSA) is 111 Å². The Hall–Kier alpha value is -3.37. The van der Waals surface area contributed by atoms with Crippen LogP contribution < -0.4 is 0 Å². The van der Waals surface area contributed by atoms with Gasteiger partial charge < -0.3 is 10.2 Å². The molecule has 6 nitrogen and oxygen atoms in total. The molecule has 7 heteroatoms. The van der Waals surface area contributed by atoms with Crippen molar-refractivity contribution in [3.8, 4) is 17.3 Å². The van der Waals surface area contributed by atoms with Crippen LogP contribution in [-0.2, 0) is 9.59 Å². The van der Waals surface area contributed by atoms with Crippen LogP contribution in [-0.4, -0.2) is 33.1 Å². The Bertz CT molecular complexity index is 1020. The zero-order valence-corrected chi connectivity index (χ0v) is 17.0. The average Bonchev–Trinajstić information content (AvgIpc) is 2.65. The fraction of sp³-hybridized carbons (Fsp3) is 0.304. The Balaban J connectivity index is 2.57. The number of rotatable bonds is 8. The van der Waals surface area contributed by atoms with Crippen molar-refractivity contribution in [1.29, 1.82) is 5.26 Å². The average molecular weight is 410 g/mol. The summed E-state index contributed by atoms with van der Waals surface area (Å²) in [5.74, 6) is -2.29. The second kappa shape index (κ2) is 9.90. The third-order valence-corrected chi connectivity index (χ3v) is 4.53. The number of carbonyl (C=O) groups is 2. The summed E-state index contributed by atoms with van der Waals surface area (Å²) < 4.78 is 13.4. The molecule has 0 amide bonds. The number of benzene rings is 1. The molecule has 0 radical (unpaired) electrons. The second-order valence-corrected chi connectivity index (χ2v) is 7.26. The van der Waals surface area contributed by atoms with Crippen LogP contribution in [0.15, 0.2) is 30.3 Å². The number of aromatic nitrogens is 1. The van der Waals surface area contributed by atoms with Crippen molar-refractivity contribution in [3.63, 3.8) is 0 Å². The predicted octanol–water partition coefficient (Wildman–Crippen LogP) is 4.00. The Kier molecular flexibility index (Phi) is 7.56. The first-order valence-electron chi connectivity index (χ1n) is 9.44. The molecule has 0 aliphatic rings. The van der Waals surface area contributed by atoms with Crippen molar-refractivity contribution in [2.24, 2.45) is 0 Å². The number of nitrogens with zero attached hydrogens (tertiary/aromatic N) is 2. The molecule has 1 unspecified atom stereocenters. The molecule has 2 N–H and O–H groups in total. The highest BCUT2D eigenvalue weighted by atomic mass is 19.1. The normalized spacial score (nSPS) is 12.2. The van der Waals surface area contributed by atoms with Crippen LogP contribution in [0.3, 0.4) is 0 Å². The van der Waals surface area contributed by atoms with E-state index in [0.717, 1.165) is 5.56 Å². The molecule has 1 aromatic carbocycles. The first-order valence-corrected chi connectivity index (χ1v) is 9.44. The van der Waals surface area contributed by atoms with Crippen molar-refractivity contribution in [1.82, 2.24) is 4.98 Å². The number of hydrogen-bond acceptors (Lipinski definition) is 5. The Morgan fingerprint density at radius 1 is 1.27 bits per heavy atom. The lowest BCUT2D eigenvalue weighted by Crippen LogP contribution is -2.14. The van der Waals surface area contributed by atoms with Gasteiger partial charge in [-0.1, -0.05) is 26.0 Å². The lowest BCUT2D eigenvalue weighted by Gasteiger charge is -2.18. The van der Waals surface area contributed by atoms with E-state index in [4.69, 9.17) is 5.11 Å². The molecule has 0 fully saturated rings. The van der Waals surface area contributed by atoms with Gasteiger partial charge in [0.2, 0.25) is 0 Å². The number of carbonyl (C=O) groups excluding carboxylic acids is 1. The van der Waals surface area contributed by atoms with Gasteiger partial charge in [0.15, 0.2) is 0 Å². The van der Waals surface area contributed by atoms with E-state index < -0.39 is 30.1 Å². The summed E-state index contributed by atoms with van der Waals surface area (Å²) >= 11 is 0. The standard InChI is InChI=1S/C23H23FN2O4/c1-13(2)22-19(9-8-17(27)10-18(28)11-21(29)30)23(26-14(3)20(22)12-25)15-4-6-16(24)7-5-15/h4-9,13,17,27H,10-11H2,1-3H3,(H,29,30). The number of aliphatic hydroxyl groups is 1. The number of halogens is 1. The molecule has 0 aliphatic carbocycles. The molecule has 1 atom stereocenters. The maximum atomic E-state index is 13.4. The van der Waals surface area contributed by atoms with E-state index in [9.17, 15) is 24.3 Å². The zero-order valence-electron chi connectivity index (χ0n) is 17.0. The molecule has 0 aliphatic heterocycles. The van der Waals surface area contributed by atoms with Gasteiger partial charge in [-0.15, -0.1) is 0 Å². The van der Waals surface area contributed by atoms with Crippen LogP contribution >= 0.6 is 0 Å². The summed E-state index contributed by atoms with van der Waals surface area (Å²) in [4.78, 5) is 26.8. The van der Waals surface area contributed by atoms with Gasteiger partial charge in [0.25, 0.3) is 0 Å². The third kappa shape index (κ3) is 5.58. The third-order valence-electron chi connectivity index (χ3n) is 4.53. The number of aliphatic carboxylic acids is 1. The van der Waals surface area contributed by atoms with Crippen molar-refractivity contribution in [3.05, 3.63) is 58.5 Å². The highest BCUT2D eigenvalue weighted by Gasteiger charge is 2.20. The monoisotopic (exact) mass is 410 g/mol. The molecule has 156 valence electrons. The zero-order chi connectivity index (χ0) is 22.4. The van der Waals surface area contributed by atoms with Gasteiger partial charge in [-0.3, -0.25) is 14.6 Å². The Morgan fingerprint density at radius 2 is 1.90 bits per heavy atom. The second-order valence-electron chi connectivity index (χ2n) is 7.26. The van der Waals surface area contributed by atoms with Crippen molar-refractivity contribution < 1.29 is 24.2 Å². The molecule has 2 aromatic rings.